The molecule has 0 aliphatic heterocycles. The molecule has 2 nitrogen and oxygen atoms in total. The zero-order chi connectivity index (χ0) is 9.94. The summed E-state index contributed by atoms with van der Waals surface area (Å²) in [6.45, 7) is 0. The third kappa shape index (κ3) is 2.44. The predicted molar refractivity (Wildman–Crippen MR) is 22.5 cm³/mol. The second-order valence-corrected chi connectivity index (χ2v) is 1.50. The lowest BCUT2D eigenvalue weighted by atomic mass is 10.3. The summed E-state index contributed by atoms with van der Waals surface area (Å²) in [4.78, 5) is 11.7. The van der Waals surface area contributed by atoms with Crippen LogP contribution >= 0.6 is 0 Å². The maximum absolute atomic E-state index is 11.4. The fourth-order valence-corrected chi connectivity index (χ4v) is 0.339. The summed E-state index contributed by atoms with van der Waals surface area (Å²) in [5.41, 5.74) is -2.94. The van der Waals surface area contributed by atoms with Gasteiger partial charge in [-0.25, -0.2) is 9.74 Å². The van der Waals surface area contributed by atoms with E-state index < -0.39 is 23.8 Å². The summed E-state index contributed by atoms with van der Waals surface area (Å²) >= 11 is 0. The topological polar surface area (TPSA) is 26.3 Å². The van der Waals surface area contributed by atoms with Gasteiger partial charge in [-0.05, 0) is 0 Å². The highest BCUT2D eigenvalue weighted by Gasteiger charge is 2.44. The average Bonchev–Trinajstić information content (AvgIpc) is 1.83. The second-order valence-electron chi connectivity index (χ2n) is 1.50. The van der Waals surface area contributed by atoms with Crippen LogP contribution in [0, 0.1) is 0 Å². The molecule has 0 radical (unpaired) electrons. The molecule has 0 aliphatic carbocycles. The van der Waals surface area contributed by atoms with E-state index in [0.717, 1.165) is 0 Å². The number of rotatable bonds is 1. The Kier molecular flexibility index (Phi) is 3.11. The van der Waals surface area contributed by atoms with Crippen LogP contribution in [0.25, 0.3) is 0 Å². The van der Waals surface area contributed by atoms with Crippen molar-refractivity contribution >= 4 is 5.97 Å². The van der Waals surface area contributed by atoms with E-state index in [0.29, 0.717) is 0 Å². The number of carbonyl (C=O) groups is 1. The first kappa shape index (κ1) is 10.8. The summed E-state index contributed by atoms with van der Waals surface area (Å²) in [6, 6.07) is 0. The Bertz CT molecular complexity index is 212. The maximum atomic E-state index is 11.4. The summed E-state index contributed by atoms with van der Waals surface area (Å²) in [5.74, 6) is -2.76. The predicted octanol–water partition coefficient (Wildman–Crippen LogP) is 2.13. The van der Waals surface area contributed by atoms with Crippen LogP contribution in [0.4, 0.5) is 26.5 Å². The largest absolute Gasteiger partial charge is 0.428 e. The zero-order valence-electron chi connectivity index (χ0n) is 5.08. The van der Waals surface area contributed by atoms with Gasteiger partial charge in [0.15, 0.2) is 0 Å². The van der Waals surface area contributed by atoms with Crippen LogP contribution in [0.2, 0.25) is 0 Å². The van der Waals surface area contributed by atoms with Gasteiger partial charge >= 0.3 is 12.1 Å². The molecule has 0 bridgehead atoms. The maximum Gasteiger partial charge on any atom is 0.428 e. The SMILES string of the molecule is O=C(OF)C(=C(F)F)C(F)(F)F. The van der Waals surface area contributed by atoms with Crippen molar-refractivity contribution in [3.63, 3.8) is 0 Å². The molecule has 0 atom stereocenters. The van der Waals surface area contributed by atoms with Crippen molar-refractivity contribution in [3.8, 4) is 0 Å². The molecule has 12 heavy (non-hydrogen) atoms. The number of hydrogen-bond donors (Lipinski definition) is 0. The molecule has 70 valence electrons. The van der Waals surface area contributed by atoms with Gasteiger partial charge in [0.2, 0.25) is 5.57 Å². The molecule has 0 aromatic carbocycles. The Hall–Kier alpha value is -1.21. The molecule has 0 N–H and O–H groups in total. The van der Waals surface area contributed by atoms with Crippen molar-refractivity contribution in [2.45, 2.75) is 6.18 Å². The smallest absolute Gasteiger partial charge is 0.249 e. The van der Waals surface area contributed by atoms with Crippen LogP contribution in [0.15, 0.2) is 11.7 Å². The third-order valence-electron chi connectivity index (χ3n) is 0.747. The van der Waals surface area contributed by atoms with Crippen LogP contribution in [-0.4, -0.2) is 12.1 Å². The first-order chi connectivity index (χ1) is 5.30. The van der Waals surface area contributed by atoms with Gasteiger partial charge in [-0.15, -0.1) is 0 Å². The Morgan fingerprint density at radius 3 is 1.67 bits per heavy atom. The van der Waals surface area contributed by atoms with E-state index in [2.05, 4.69) is 0 Å². The van der Waals surface area contributed by atoms with E-state index in [1.54, 1.807) is 0 Å². The van der Waals surface area contributed by atoms with Gasteiger partial charge in [0.1, 0.15) is 0 Å². The van der Waals surface area contributed by atoms with Crippen LogP contribution in [0.1, 0.15) is 0 Å². The highest BCUT2D eigenvalue weighted by atomic mass is 19.4. The monoisotopic (exact) mass is 194 g/mol. The van der Waals surface area contributed by atoms with Gasteiger partial charge in [-0.2, -0.15) is 22.0 Å². The molecule has 0 aromatic heterocycles. The number of alkyl halides is 3. The van der Waals surface area contributed by atoms with E-state index in [4.69, 9.17) is 0 Å². The van der Waals surface area contributed by atoms with Gasteiger partial charge in [0.25, 0.3) is 6.08 Å². The molecule has 0 aromatic rings. The van der Waals surface area contributed by atoms with Crippen LogP contribution in [0.5, 0.6) is 0 Å². The third-order valence-corrected chi connectivity index (χ3v) is 0.747. The van der Waals surface area contributed by atoms with Crippen molar-refractivity contribution in [3.05, 3.63) is 11.7 Å². The first-order valence-electron chi connectivity index (χ1n) is 2.26. The first-order valence-corrected chi connectivity index (χ1v) is 2.26. The van der Waals surface area contributed by atoms with Crippen LogP contribution in [0.3, 0.4) is 0 Å². The lowest BCUT2D eigenvalue weighted by molar-refractivity contribution is -0.187. The number of carbonyl (C=O) groups excluding carboxylic acids is 1. The molecule has 8 heteroatoms. The summed E-state index contributed by atoms with van der Waals surface area (Å²) < 4.78 is 67.7. The van der Waals surface area contributed by atoms with Crippen LogP contribution in [-0.2, 0) is 9.74 Å². The van der Waals surface area contributed by atoms with Gasteiger partial charge in [-0.3, -0.25) is 0 Å². The Morgan fingerprint density at radius 1 is 1.17 bits per heavy atom. The number of halogens is 6. The standard InChI is InChI=1S/C4F6O2/c5-2(6)1(3(11)12-10)4(7,8)9. The Morgan fingerprint density at radius 2 is 1.58 bits per heavy atom. The molecular formula is C4F6O2. The zero-order valence-corrected chi connectivity index (χ0v) is 5.08. The van der Waals surface area contributed by atoms with Crippen molar-refractivity contribution in [1.29, 1.82) is 0 Å². The van der Waals surface area contributed by atoms with E-state index in [1.807, 2.05) is 4.94 Å². The molecule has 0 rings (SSSR count). The molecular weight excluding hydrogens is 194 g/mol. The minimum absolute atomic E-state index is 2.00. The second kappa shape index (κ2) is 3.46. The fourth-order valence-electron chi connectivity index (χ4n) is 0.339. The molecule has 0 unspecified atom stereocenters. The summed E-state index contributed by atoms with van der Waals surface area (Å²) in [7, 11) is 0. The van der Waals surface area contributed by atoms with E-state index in [-0.39, 0.29) is 0 Å². The minimum atomic E-state index is -5.62. The molecule has 0 heterocycles. The van der Waals surface area contributed by atoms with Gasteiger partial charge in [0.05, 0.1) is 0 Å². The Balaban J connectivity index is 4.97. The normalized spacial score (nSPS) is 10.8. The highest BCUT2D eigenvalue weighted by molar-refractivity contribution is 5.89. The van der Waals surface area contributed by atoms with Crippen molar-refractivity contribution in [2.75, 3.05) is 0 Å². The molecule has 0 fully saturated rings. The quantitative estimate of drug-likeness (QED) is 0.472. The van der Waals surface area contributed by atoms with Gasteiger partial charge < -0.3 is 0 Å². The van der Waals surface area contributed by atoms with E-state index in [9.17, 15) is 31.3 Å². The van der Waals surface area contributed by atoms with Gasteiger partial charge in [0, 0.05) is 4.53 Å². The summed E-state index contributed by atoms with van der Waals surface area (Å²) in [6.07, 6.45) is -8.97. The Labute approximate surface area is 61.3 Å². The van der Waals surface area contributed by atoms with E-state index >= 15 is 0 Å². The van der Waals surface area contributed by atoms with Crippen LogP contribution < -0.4 is 0 Å². The average molecular weight is 194 g/mol. The molecule has 0 spiro atoms. The fraction of sp³-hybridized carbons (Fsp3) is 0.250. The molecule has 0 saturated carbocycles. The van der Waals surface area contributed by atoms with Crippen molar-refractivity contribution < 1.29 is 36.2 Å². The van der Waals surface area contributed by atoms with Crippen molar-refractivity contribution in [1.82, 2.24) is 0 Å². The number of hydrogen-bond acceptors (Lipinski definition) is 2. The lowest BCUT2D eigenvalue weighted by Gasteiger charge is -2.04. The molecule has 0 amide bonds. The van der Waals surface area contributed by atoms with Gasteiger partial charge in [-0.1, -0.05) is 0 Å². The molecule has 0 saturated heterocycles. The summed E-state index contributed by atoms with van der Waals surface area (Å²) in [5, 5.41) is 0. The lowest BCUT2D eigenvalue weighted by Crippen LogP contribution is -2.21. The highest BCUT2D eigenvalue weighted by Crippen LogP contribution is 2.30. The van der Waals surface area contributed by atoms with E-state index in [1.165, 1.54) is 0 Å². The molecule has 0 aliphatic rings. The van der Waals surface area contributed by atoms with Crippen molar-refractivity contribution in [2.24, 2.45) is 0 Å². The minimum Gasteiger partial charge on any atom is -0.249 e.